The number of rotatable bonds is 6. The SMILES string of the molecule is O=C(CCOC1CCNCC1)NCc1cc(F)ccc1Br. The molecule has 1 fully saturated rings. The summed E-state index contributed by atoms with van der Waals surface area (Å²) in [6.07, 6.45) is 2.59. The highest BCUT2D eigenvalue weighted by Crippen LogP contribution is 2.17. The summed E-state index contributed by atoms with van der Waals surface area (Å²) in [6.45, 7) is 2.69. The van der Waals surface area contributed by atoms with Crippen LogP contribution < -0.4 is 10.6 Å². The molecular weight excluding hydrogens is 339 g/mol. The fourth-order valence-electron chi connectivity index (χ4n) is 2.24. The number of piperidine rings is 1. The second kappa shape index (κ2) is 8.46. The van der Waals surface area contributed by atoms with Crippen LogP contribution in [-0.2, 0) is 16.1 Å². The minimum atomic E-state index is -0.309. The van der Waals surface area contributed by atoms with Crippen LogP contribution in [-0.4, -0.2) is 31.7 Å². The van der Waals surface area contributed by atoms with E-state index in [1.165, 1.54) is 12.1 Å². The molecule has 0 saturated carbocycles. The monoisotopic (exact) mass is 358 g/mol. The minimum Gasteiger partial charge on any atom is -0.378 e. The quantitative estimate of drug-likeness (QED) is 0.820. The number of benzene rings is 1. The summed E-state index contributed by atoms with van der Waals surface area (Å²) in [5, 5.41) is 6.04. The van der Waals surface area contributed by atoms with Crippen molar-refractivity contribution in [2.75, 3.05) is 19.7 Å². The van der Waals surface area contributed by atoms with E-state index in [1.807, 2.05) is 0 Å². The predicted octanol–water partition coefficient (Wildman–Crippen LogP) is 2.36. The number of amides is 1. The first kappa shape index (κ1) is 16.4. The molecular formula is C15H20BrFN2O2. The Morgan fingerprint density at radius 1 is 1.43 bits per heavy atom. The van der Waals surface area contributed by atoms with Crippen LogP contribution in [0.4, 0.5) is 4.39 Å². The van der Waals surface area contributed by atoms with Gasteiger partial charge in [0.2, 0.25) is 5.91 Å². The molecule has 1 aliphatic rings. The summed E-state index contributed by atoms with van der Waals surface area (Å²) < 4.78 is 19.6. The lowest BCUT2D eigenvalue weighted by molar-refractivity contribution is -0.122. The van der Waals surface area contributed by atoms with Crippen molar-refractivity contribution in [3.05, 3.63) is 34.1 Å². The van der Waals surface area contributed by atoms with E-state index in [0.717, 1.165) is 36.0 Å². The van der Waals surface area contributed by atoms with Crippen LogP contribution in [0.3, 0.4) is 0 Å². The van der Waals surface area contributed by atoms with Crippen molar-refractivity contribution >= 4 is 21.8 Å². The van der Waals surface area contributed by atoms with Gasteiger partial charge >= 0.3 is 0 Å². The van der Waals surface area contributed by atoms with E-state index >= 15 is 0 Å². The third-order valence-corrected chi connectivity index (χ3v) is 4.23. The van der Waals surface area contributed by atoms with E-state index in [2.05, 4.69) is 26.6 Å². The molecule has 1 aromatic rings. The van der Waals surface area contributed by atoms with Crippen LogP contribution in [0.2, 0.25) is 0 Å². The highest BCUT2D eigenvalue weighted by molar-refractivity contribution is 9.10. The molecule has 1 aliphatic heterocycles. The third kappa shape index (κ3) is 5.73. The summed E-state index contributed by atoms with van der Waals surface area (Å²) in [7, 11) is 0. The van der Waals surface area contributed by atoms with Gasteiger partial charge in [-0.3, -0.25) is 4.79 Å². The molecule has 116 valence electrons. The topological polar surface area (TPSA) is 50.4 Å². The van der Waals surface area contributed by atoms with Crippen molar-refractivity contribution in [2.45, 2.75) is 31.9 Å². The van der Waals surface area contributed by atoms with Gasteiger partial charge in [-0.25, -0.2) is 4.39 Å². The number of hydrogen-bond donors (Lipinski definition) is 2. The highest BCUT2D eigenvalue weighted by atomic mass is 79.9. The molecule has 4 nitrogen and oxygen atoms in total. The molecule has 0 atom stereocenters. The lowest BCUT2D eigenvalue weighted by Crippen LogP contribution is -2.33. The summed E-state index contributed by atoms with van der Waals surface area (Å²) in [5.74, 6) is -0.392. The maximum absolute atomic E-state index is 13.1. The van der Waals surface area contributed by atoms with Gasteiger partial charge in [-0.2, -0.15) is 0 Å². The maximum Gasteiger partial charge on any atom is 0.222 e. The normalized spacial score (nSPS) is 15.9. The van der Waals surface area contributed by atoms with Gasteiger partial charge in [0, 0.05) is 17.4 Å². The van der Waals surface area contributed by atoms with Gasteiger partial charge in [0.25, 0.3) is 0 Å². The summed E-state index contributed by atoms with van der Waals surface area (Å²) in [6, 6.07) is 4.43. The van der Waals surface area contributed by atoms with Crippen molar-refractivity contribution < 1.29 is 13.9 Å². The molecule has 6 heteroatoms. The second-order valence-electron chi connectivity index (χ2n) is 5.08. The molecule has 1 heterocycles. The van der Waals surface area contributed by atoms with Crippen LogP contribution in [0.5, 0.6) is 0 Å². The number of ether oxygens (including phenoxy) is 1. The van der Waals surface area contributed by atoms with Crippen LogP contribution in [0, 0.1) is 5.82 Å². The minimum absolute atomic E-state index is 0.0832. The standard InChI is InChI=1S/C15H20BrFN2O2/c16-14-2-1-12(17)9-11(14)10-19-15(20)5-8-21-13-3-6-18-7-4-13/h1-2,9,13,18H,3-8,10H2,(H,19,20). The van der Waals surface area contributed by atoms with Crippen molar-refractivity contribution in [1.82, 2.24) is 10.6 Å². The number of carbonyl (C=O) groups is 1. The highest BCUT2D eigenvalue weighted by Gasteiger charge is 2.13. The molecule has 1 amide bonds. The van der Waals surface area contributed by atoms with Gasteiger partial charge in [0.15, 0.2) is 0 Å². The van der Waals surface area contributed by atoms with Crippen LogP contribution in [0.1, 0.15) is 24.8 Å². The first-order valence-corrected chi connectivity index (χ1v) is 7.97. The zero-order valence-corrected chi connectivity index (χ0v) is 13.4. The summed E-state index contributed by atoms with van der Waals surface area (Å²) >= 11 is 3.34. The lowest BCUT2D eigenvalue weighted by atomic mass is 10.1. The van der Waals surface area contributed by atoms with E-state index in [9.17, 15) is 9.18 Å². The van der Waals surface area contributed by atoms with E-state index in [-0.39, 0.29) is 17.8 Å². The fourth-order valence-corrected chi connectivity index (χ4v) is 2.63. The lowest BCUT2D eigenvalue weighted by Gasteiger charge is -2.22. The Labute approximate surface area is 132 Å². The van der Waals surface area contributed by atoms with Gasteiger partial charge in [-0.05, 0) is 49.7 Å². The molecule has 2 rings (SSSR count). The molecule has 0 aromatic heterocycles. The largest absolute Gasteiger partial charge is 0.378 e. The Kier molecular flexibility index (Phi) is 6.60. The average Bonchev–Trinajstić information content (AvgIpc) is 2.49. The molecule has 2 N–H and O–H groups in total. The average molecular weight is 359 g/mol. The van der Waals surface area contributed by atoms with Gasteiger partial charge in [-0.15, -0.1) is 0 Å². The third-order valence-electron chi connectivity index (χ3n) is 3.45. The molecule has 0 unspecified atom stereocenters. The Hall–Kier alpha value is -0.980. The van der Waals surface area contributed by atoms with Gasteiger partial charge in [0.05, 0.1) is 12.7 Å². The number of carbonyl (C=O) groups excluding carboxylic acids is 1. The molecule has 0 aliphatic carbocycles. The number of halogens is 2. The summed E-state index contributed by atoms with van der Waals surface area (Å²) in [4.78, 5) is 11.7. The van der Waals surface area contributed by atoms with E-state index < -0.39 is 0 Å². The second-order valence-corrected chi connectivity index (χ2v) is 5.94. The zero-order chi connectivity index (χ0) is 15.1. The van der Waals surface area contributed by atoms with Crippen LogP contribution >= 0.6 is 15.9 Å². The smallest absolute Gasteiger partial charge is 0.222 e. The molecule has 0 spiro atoms. The van der Waals surface area contributed by atoms with Crippen LogP contribution in [0.15, 0.2) is 22.7 Å². The van der Waals surface area contributed by atoms with E-state index in [1.54, 1.807) is 6.07 Å². The first-order valence-electron chi connectivity index (χ1n) is 7.18. The van der Waals surface area contributed by atoms with E-state index in [4.69, 9.17) is 4.74 Å². The van der Waals surface area contributed by atoms with Gasteiger partial charge in [-0.1, -0.05) is 15.9 Å². The fraction of sp³-hybridized carbons (Fsp3) is 0.533. The number of hydrogen-bond acceptors (Lipinski definition) is 3. The van der Waals surface area contributed by atoms with Crippen molar-refractivity contribution in [3.8, 4) is 0 Å². The van der Waals surface area contributed by atoms with Crippen molar-refractivity contribution in [1.29, 1.82) is 0 Å². The predicted molar refractivity (Wildman–Crippen MR) is 82.4 cm³/mol. The van der Waals surface area contributed by atoms with Crippen LogP contribution in [0.25, 0.3) is 0 Å². The van der Waals surface area contributed by atoms with Gasteiger partial charge in [0.1, 0.15) is 5.82 Å². The molecule has 0 radical (unpaired) electrons. The molecule has 1 aromatic carbocycles. The van der Waals surface area contributed by atoms with Crippen molar-refractivity contribution in [3.63, 3.8) is 0 Å². The zero-order valence-electron chi connectivity index (χ0n) is 11.8. The Bertz CT molecular complexity index is 479. The Morgan fingerprint density at radius 3 is 2.95 bits per heavy atom. The first-order chi connectivity index (χ1) is 10.1. The molecule has 21 heavy (non-hydrogen) atoms. The Balaban J connectivity index is 1.66. The van der Waals surface area contributed by atoms with E-state index in [0.29, 0.717) is 19.6 Å². The molecule has 0 bridgehead atoms. The van der Waals surface area contributed by atoms with Gasteiger partial charge < -0.3 is 15.4 Å². The van der Waals surface area contributed by atoms with Crippen molar-refractivity contribution in [2.24, 2.45) is 0 Å². The summed E-state index contributed by atoms with van der Waals surface area (Å²) in [5.41, 5.74) is 0.725. The molecule has 1 saturated heterocycles. The number of nitrogens with one attached hydrogen (secondary N) is 2. The Morgan fingerprint density at radius 2 is 2.19 bits per heavy atom. The maximum atomic E-state index is 13.1.